The van der Waals surface area contributed by atoms with Crippen molar-refractivity contribution in [2.45, 2.75) is 85.2 Å². The van der Waals surface area contributed by atoms with Crippen LogP contribution in [0.25, 0.3) is 0 Å². The van der Waals surface area contributed by atoms with Crippen molar-refractivity contribution in [2.24, 2.45) is 5.92 Å². The van der Waals surface area contributed by atoms with Crippen molar-refractivity contribution in [3.8, 4) is 0 Å². The van der Waals surface area contributed by atoms with Crippen molar-refractivity contribution in [1.82, 2.24) is 5.32 Å². The monoisotopic (exact) mass is 213 g/mol. The van der Waals surface area contributed by atoms with Gasteiger partial charge in [-0.2, -0.15) is 0 Å². The van der Waals surface area contributed by atoms with Gasteiger partial charge in [0.2, 0.25) is 0 Å². The second-order valence-electron chi connectivity index (χ2n) is 4.91. The molecule has 0 spiro atoms. The maximum Gasteiger partial charge on any atom is 0.00695 e. The summed E-state index contributed by atoms with van der Waals surface area (Å²) in [5, 5.41) is 3.82. The van der Waals surface area contributed by atoms with Gasteiger partial charge < -0.3 is 5.32 Å². The molecule has 1 heteroatoms. The van der Waals surface area contributed by atoms with E-state index in [2.05, 4.69) is 39.9 Å². The molecular formula is C14H31N. The summed E-state index contributed by atoms with van der Waals surface area (Å²) in [5.74, 6) is 0.863. The smallest absolute Gasteiger partial charge is 0.00695 e. The number of hydrogen-bond acceptors (Lipinski definition) is 1. The van der Waals surface area contributed by atoms with E-state index in [1.165, 1.54) is 38.5 Å². The first-order valence-electron chi connectivity index (χ1n) is 6.93. The Kier molecular flexibility index (Phi) is 9.18. The van der Waals surface area contributed by atoms with Gasteiger partial charge in [0.1, 0.15) is 0 Å². The van der Waals surface area contributed by atoms with E-state index in [9.17, 15) is 0 Å². The van der Waals surface area contributed by atoms with Crippen molar-refractivity contribution in [2.75, 3.05) is 0 Å². The molecule has 0 aromatic heterocycles. The molecule has 0 aromatic rings. The molecule has 0 radical (unpaired) electrons. The average molecular weight is 213 g/mol. The minimum Gasteiger partial charge on any atom is -0.311 e. The fourth-order valence-corrected chi connectivity index (χ4v) is 2.09. The molecule has 1 N–H and O–H groups in total. The lowest BCUT2D eigenvalue weighted by Gasteiger charge is -2.26. The topological polar surface area (TPSA) is 12.0 Å². The van der Waals surface area contributed by atoms with Gasteiger partial charge in [-0.1, -0.05) is 47.5 Å². The number of hydrogen-bond donors (Lipinski definition) is 1. The quantitative estimate of drug-likeness (QED) is 0.600. The van der Waals surface area contributed by atoms with Crippen molar-refractivity contribution in [3.05, 3.63) is 0 Å². The molecular weight excluding hydrogens is 182 g/mol. The lowest BCUT2D eigenvalue weighted by molar-refractivity contribution is 0.332. The first-order valence-corrected chi connectivity index (χ1v) is 6.93. The van der Waals surface area contributed by atoms with E-state index in [1.807, 2.05) is 0 Å². The largest absolute Gasteiger partial charge is 0.311 e. The molecule has 0 saturated heterocycles. The Hall–Kier alpha value is -0.0400. The zero-order chi connectivity index (χ0) is 11.7. The van der Waals surface area contributed by atoms with E-state index < -0.39 is 0 Å². The van der Waals surface area contributed by atoms with Crippen LogP contribution in [-0.4, -0.2) is 12.1 Å². The maximum atomic E-state index is 3.82. The Labute approximate surface area is 97.0 Å². The number of nitrogens with one attached hydrogen (secondary N) is 1. The minimum atomic E-state index is 0.733. The first kappa shape index (κ1) is 15.0. The molecule has 0 amide bonds. The molecule has 0 aliphatic rings. The third-order valence-corrected chi connectivity index (χ3v) is 3.48. The van der Waals surface area contributed by atoms with Crippen LogP contribution in [0.15, 0.2) is 0 Å². The molecule has 0 fully saturated rings. The summed E-state index contributed by atoms with van der Waals surface area (Å²) < 4.78 is 0. The Morgan fingerprint density at radius 1 is 0.867 bits per heavy atom. The van der Waals surface area contributed by atoms with Gasteiger partial charge in [0.05, 0.1) is 0 Å². The molecule has 0 bridgehead atoms. The molecule has 0 aromatic carbocycles. The first-order chi connectivity index (χ1) is 7.17. The molecule has 92 valence electrons. The fraction of sp³-hybridized carbons (Fsp3) is 1.00. The maximum absolute atomic E-state index is 3.82. The molecule has 0 heterocycles. The van der Waals surface area contributed by atoms with Gasteiger partial charge in [-0.3, -0.25) is 0 Å². The standard InChI is InChI=1S/C14H31N/c1-6-10-13(8-3)15-14(9-4)11-12(5)7-2/h12-15H,6-11H2,1-5H3. The lowest BCUT2D eigenvalue weighted by Crippen LogP contribution is -2.38. The zero-order valence-electron chi connectivity index (χ0n) is 11.5. The predicted molar refractivity (Wildman–Crippen MR) is 70.3 cm³/mol. The summed E-state index contributed by atoms with van der Waals surface area (Å²) in [6, 6.07) is 1.47. The van der Waals surface area contributed by atoms with E-state index >= 15 is 0 Å². The van der Waals surface area contributed by atoms with Crippen LogP contribution < -0.4 is 5.32 Å². The zero-order valence-corrected chi connectivity index (χ0v) is 11.5. The van der Waals surface area contributed by atoms with Gasteiger partial charge in [-0.05, 0) is 31.6 Å². The molecule has 0 rings (SSSR count). The highest BCUT2D eigenvalue weighted by Crippen LogP contribution is 2.14. The van der Waals surface area contributed by atoms with Gasteiger partial charge in [-0.25, -0.2) is 0 Å². The van der Waals surface area contributed by atoms with Crippen LogP contribution in [-0.2, 0) is 0 Å². The Morgan fingerprint density at radius 2 is 1.47 bits per heavy atom. The van der Waals surface area contributed by atoms with Crippen molar-refractivity contribution < 1.29 is 0 Å². The fourth-order valence-electron chi connectivity index (χ4n) is 2.09. The van der Waals surface area contributed by atoms with Gasteiger partial charge in [0, 0.05) is 12.1 Å². The van der Waals surface area contributed by atoms with Crippen LogP contribution in [0.1, 0.15) is 73.1 Å². The highest BCUT2D eigenvalue weighted by atomic mass is 14.9. The van der Waals surface area contributed by atoms with Gasteiger partial charge in [0.15, 0.2) is 0 Å². The molecule has 0 aliphatic heterocycles. The summed E-state index contributed by atoms with van der Waals surface area (Å²) in [4.78, 5) is 0. The highest BCUT2D eigenvalue weighted by molar-refractivity contribution is 4.74. The van der Waals surface area contributed by atoms with E-state index in [0.29, 0.717) is 0 Å². The van der Waals surface area contributed by atoms with E-state index in [1.54, 1.807) is 0 Å². The van der Waals surface area contributed by atoms with Crippen LogP contribution >= 0.6 is 0 Å². The summed E-state index contributed by atoms with van der Waals surface area (Å²) in [7, 11) is 0. The Bertz CT molecular complexity index is 133. The minimum absolute atomic E-state index is 0.733. The van der Waals surface area contributed by atoms with Crippen molar-refractivity contribution >= 4 is 0 Å². The van der Waals surface area contributed by atoms with Gasteiger partial charge in [-0.15, -0.1) is 0 Å². The Morgan fingerprint density at radius 3 is 1.87 bits per heavy atom. The van der Waals surface area contributed by atoms with Gasteiger partial charge >= 0.3 is 0 Å². The van der Waals surface area contributed by atoms with Crippen LogP contribution in [0.4, 0.5) is 0 Å². The molecule has 0 saturated carbocycles. The molecule has 3 atom stereocenters. The molecule has 0 aliphatic carbocycles. The van der Waals surface area contributed by atoms with Crippen LogP contribution in [0, 0.1) is 5.92 Å². The van der Waals surface area contributed by atoms with E-state index in [4.69, 9.17) is 0 Å². The van der Waals surface area contributed by atoms with Crippen LogP contribution in [0.3, 0.4) is 0 Å². The third-order valence-electron chi connectivity index (χ3n) is 3.48. The summed E-state index contributed by atoms with van der Waals surface area (Å²) in [6.45, 7) is 11.5. The van der Waals surface area contributed by atoms with Crippen LogP contribution in [0.5, 0.6) is 0 Å². The second-order valence-corrected chi connectivity index (χ2v) is 4.91. The lowest BCUT2D eigenvalue weighted by atomic mass is 9.96. The van der Waals surface area contributed by atoms with Gasteiger partial charge in [0.25, 0.3) is 0 Å². The normalized spacial score (nSPS) is 17.4. The van der Waals surface area contributed by atoms with Crippen molar-refractivity contribution in [3.63, 3.8) is 0 Å². The summed E-state index contributed by atoms with van der Waals surface area (Å²) >= 11 is 0. The molecule has 3 unspecified atom stereocenters. The second kappa shape index (κ2) is 9.21. The third kappa shape index (κ3) is 6.94. The van der Waals surface area contributed by atoms with E-state index in [0.717, 1.165) is 18.0 Å². The summed E-state index contributed by atoms with van der Waals surface area (Å²) in [5.41, 5.74) is 0. The molecule has 1 nitrogen and oxygen atoms in total. The average Bonchev–Trinajstić information content (AvgIpc) is 2.26. The SMILES string of the molecule is CCCC(CC)NC(CC)CC(C)CC. The Balaban J connectivity index is 3.94. The predicted octanol–water partition coefficient (Wildman–Crippen LogP) is 4.37. The number of rotatable bonds is 9. The van der Waals surface area contributed by atoms with Crippen LogP contribution in [0.2, 0.25) is 0 Å². The molecule has 15 heavy (non-hydrogen) atoms. The summed E-state index contributed by atoms with van der Waals surface area (Å²) in [6.07, 6.45) is 7.81. The highest BCUT2D eigenvalue weighted by Gasteiger charge is 2.13. The van der Waals surface area contributed by atoms with E-state index in [-0.39, 0.29) is 0 Å². The van der Waals surface area contributed by atoms with Crippen molar-refractivity contribution in [1.29, 1.82) is 0 Å².